The summed E-state index contributed by atoms with van der Waals surface area (Å²) in [5, 5.41) is 6.04. The summed E-state index contributed by atoms with van der Waals surface area (Å²) in [7, 11) is 0. The number of nitrogens with two attached hydrogens (primary N) is 1. The minimum absolute atomic E-state index is 0.283. The second-order valence-electron chi connectivity index (χ2n) is 5.23. The molecule has 0 amide bonds. The molecule has 0 saturated carbocycles. The molecule has 3 rings (SSSR count). The lowest BCUT2D eigenvalue weighted by atomic mass is 10.2. The normalized spacial score (nSPS) is 10.5. The number of nitrogens with one attached hydrogen (secondary N) is 2. The van der Waals surface area contributed by atoms with Gasteiger partial charge in [-0.05, 0) is 42.8 Å². The molecule has 0 fully saturated rings. The number of halogens is 2. The zero-order valence-electron chi connectivity index (χ0n) is 12.8. The fourth-order valence-corrected chi connectivity index (χ4v) is 2.51. The third-order valence-electron chi connectivity index (χ3n) is 3.35. The largest absolute Gasteiger partial charge is 0.393 e. The van der Waals surface area contributed by atoms with Gasteiger partial charge in [0.1, 0.15) is 17.8 Å². The van der Waals surface area contributed by atoms with Gasteiger partial charge in [0.15, 0.2) is 11.6 Å². The van der Waals surface area contributed by atoms with Crippen LogP contribution in [0.5, 0.6) is 0 Å². The zero-order valence-corrected chi connectivity index (χ0v) is 14.4. The summed E-state index contributed by atoms with van der Waals surface area (Å²) < 4.78 is 14.6. The second kappa shape index (κ2) is 6.84. The highest BCUT2D eigenvalue weighted by Gasteiger charge is 2.11. The van der Waals surface area contributed by atoms with E-state index in [1.54, 1.807) is 12.1 Å². The Morgan fingerprint density at radius 2 is 1.79 bits per heavy atom. The van der Waals surface area contributed by atoms with E-state index in [0.29, 0.717) is 21.8 Å². The van der Waals surface area contributed by atoms with Crippen LogP contribution in [0.3, 0.4) is 0 Å². The number of aromatic nitrogens is 2. The van der Waals surface area contributed by atoms with Gasteiger partial charge in [0.25, 0.3) is 0 Å². The topological polar surface area (TPSA) is 75.9 Å². The van der Waals surface area contributed by atoms with Crippen LogP contribution in [0.2, 0.25) is 0 Å². The summed E-state index contributed by atoms with van der Waals surface area (Å²) in [6.45, 7) is 2.00. The Kier molecular flexibility index (Phi) is 4.61. The minimum atomic E-state index is -0.407. The van der Waals surface area contributed by atoms with E-state index in [9.17, 15) is 4.39 Å². The number of nitrogen functional groups attached to an aromatic ring is 1. The average Bonchev–Trinajstić information content (AvgIpc) is 2.54. The first-order valence-electron chi connectivity index (χ1n) is 7.19. The molecule has 1 heterocycles. The van der Waals surface area contributed by atoms with Crippen LogP contribution in [-0.2, 0) is 0 Å². The van der Waals surface area contributed by atoms with Gasteiger partial charge in [-0.15, -0.1) is 0 Å². The van der Waals surface area contributed by atoms with Crippen molar-refractivity contribution >= 4 is 44.6 Å². The summed E-state index contributed by atoms with van der Waals surface area (Å²) in [6.07, 6.45) is 1.37. The van der Waals surface area contributed by atoms with E-state index in [1.807, 2.05) is 31.2 Å². The number of hydrogen-bond acceptors (Lipinski definition) is 5. The summed E-state index contributed by atoms with van der Waals surface area (Å²) in [5.41, 5.74) is 8.68. The molecular formula is C17H15BrFN5. The van der Waals surface area contributed by atoms with Gasteiger partial charge >= 0.3 is 0 Å². The van der Waals surface area contributed by atoms with E-state index >= 15 is 0 Å². The molecular weight excluding hydrogens is 373 g/mol. The highest BCUT2D eigenvalue weighted by molar-refractivity contribution is 9.10. The Labute approximate surface area is 147 Å². The van der Waals surface area contributed by atoms with Crippen molar-refractivity contribution in [1.29, 1.82) is 0 Å². The number of anilines is 5. The van der Waals surface area contributed by atoms with Gasteiger partial charge in [-0.25, -0.2) is 14.4 Å². The summed E-state index contributed by atoms with van der Waals surface area (Å²) in [5.74, 6) is 0.382. The van der Waals surface area contributed by atoms with Crippen molar-refractivity contribution in [3.05, 3.63) is 64.6 Å². The average molecular weight is 388 g/mol. The van der Waals surface area contributed by atoms with Gasteiger partial charge in [0, 0.05) is 10.2 Å². The number of hydrogen-bond donors (Lipinski definition) is 3. The maximum absolute atomic E-state index is 14.0. The van der Waals surface area contributed by atoms with Gasteiger partial charge < -0.3 is 16.4 Å². The van der Waals surface area contributed by atoms with E-state index in [1.165, 1.54) is 12.4 Å². The maximum Gasteiger partial charge on any atom is 0.159 e. The van der Waals surface area contributed by atoms with Crippen molar-refractivity contribution in [2.75, 3.05) is 16.4 Å². The van der Waals surface area contributed by atoms with E-state index < -0.39 is 5.82 Å². The summed E-state index contributed by atoms with van der Waals surface area (Å²) in [4.78, 5) is 8.24. The molecule has 0 aliphatic carbocycles. The quantitative estimate of drug-likeness (QED) is 0.601. The smallest absolute Gasteiger partial charge is 0.159 e. The minimum Gasteiger partial charge on any atom is -0.393 e. The maximum atomic E-state index is 14.0. The highest BCUT2D eigenvalue weighted by Crippen LogP contribution is 2.29. The number of nitrogens with zero attached hydrogens (tertiary/aromatic N) is 2. The monoisotopic (exact) mass is 387 g/mol. The molecule has 0 saturated heterocycles. The van der Waals surface area contributed by atoms with Gasteiger partial charge in [-0.2, -0.15) is 0 Å². The van der Waals surface area contributed by atoms with Crippen LogP contribution < -0.4 is 16.4 Å². The van der Waals surface area contributed by atoms with Crippen LogP contribution in [0.1, 0.15) is 5.56 Å². The fourth-order valence-electron chi connectivity index (χ4n) is 2.17. The van der Waals surface area contributed by atoms with Crippen LogP contribution in [-0.4, -0.2) is 9.97 Å². The van der Waals surface area contributed by atoms with Crippen LogP contribution >= 0.6 is 15.9 Å². The third-order valence-corrected chi connectivity index (χ3v) is 3.84. The van der Waals surface area contributed by atoms with Crippen LogP contribution in [0.4, 0.5) is 33.1 Å². The number of benzene rings is 2. The Morgan fingerprint density at radius 1 is 1.04 bits per heavy atom. The van der Waals surface area contributed by atoms with Crippen LogP contribution in [0.15, 0.2) is 53.3 Å². The zero-order chi connectivity index (χ0) is 17.1. The predicted octanol–water partition coefficient (Wildman–Crippen LogP) is 4.76. The molecule has 2 aromatic carbocycles. The molecule has 0 unspecified atom stereocenters. The molecule has 0 radical (unpaired) electrons. The van der Waals surface area contributed by atoms with E-state index in [2.05, 4.69) is 36.5 Å². The van der Waals surface area contributed by atoms with Crippen molar-refractivity contribution in [3.8, 4) is 0 Å². The van der Waals surface area contributed by atoms with E-state index in [4.69, 9.17) is 5.73 Å². The first kappa shape index (κ1) is 16.2. The Hall–Kier alpha value is -2.67. The lowest BCUT2D eigenvalue weighted by molar-refractivity contribution is 0.631. The molecule has 7 heteroatoms. The Bertz CT molecular complexity index is 885. The van der Waals surface area contributed by atoms with Gasteiger partial charge in [-0.3, -0.25) is 0 Å². The van der Waals surface area contributed by atoms with Gasteiger partial charge in [-0.1, -0.05) is 28.1 Å². The van der Waals surface area contributed by atoms with Crippen molar-refractivity contribution < 1.29 is 4.39 Å². The van der Waals surface area contributed by atoms with Crippen molar-refractivity contribution in [2.45, 2.75) is 6.92 Å². The third kappa shape index (κ3) is 3.62. The molecule has 1 aromatic heterocycles. The van der Waals surface area contributed by atoms with E-state index in [-0.39, 0.29) is 5.69 Å². The molecule has 0 spiro atoms. The molecule has 0 atom stereocenters. The molecule has 0 aliphatic heterocycles. The fraction of sp³-hybridized carbons (Fsp3) is 0.0588. The first-order valence-corrected chi connectivity index (χ1v) is 7.98. The second-order valence-corrected chi connectivity index (χ2v) is 6.14. The molecule has 122 valence electrons. The standard InChI is InChI=1S/C17H15BrFN5/c1-10-3-2-4-12(7-10)23-16-15(20)17(22-9-21-16)24-14-6-5-11(18)8-13(14)19/h2-9H,20H2,1H3,(H2,21,22,23,24). The lowest BCUT2D eigenvalue weighted by Gasteiger charge is -2.13. The van der Waals surface area contributed by atoms with Crippen molar-refractivity contribution in [3.63, 3.8) is 0 Å². The molecule has 24 heavy (non-hydrogen) atoms. The Balaban J connectivity index is 1.88. The van der Waals surface area contributed by atoms with Gasteiger partial charge in [0.2, 0.25) is 0 Å². The molecule has 0 bridgehead atoms. The first-order chi connectivity index (χ1) is 11.5. The summed E-state index contributed by atoms with van der Waals surface area (Å²) in [6, 6.07) is 12.5. The number of rotatable bonds is 4. The molecule has 4 N–H and O–H groups in total. The SMILES string of the molecule is Cc1cccc(Nc2ncnc(Nc3ccc(Br)cc3F)c2N)c1. The Morgan fingerprint density at radius 3 is 2.50 bits per heavy atom. The van der Waals surface area contributed by atoms with E-state index in [0.717, 1.165) is 11.3 Å². The lowest BCUT2D eigenvalue weighted by Crippen LogP contribution is -2.06. The summed E-state index contributed by atoms with van der Waals surface area (Å²) >= 11 is 3.22. The van der Waals surface area contributed by atoms with Crippen molar-refractivity contribution in [1.82, 2.24) is 9.97 Å². The van der Waals surface area contributed by atoms with Gasteiger partial charge in [0.05, 0.1) is 5.69 Å². The molecule has 0 aliphatic rings. The number of aryl methyl sites for hydroxylation is 1. The van der Waals surface area contributed by atoms with Crippen LogP contribution in [0, 0.1) is 12.7 Å². The highest BCUT2D eigenvalue weighted by atomic mass is 79.9. The predicted molar refractivity (Wildman–Crippen MR) is 98.3 cm³/mol. The van der Waals surface area contributed by atoms with Crippen LogP contribution in [0.25, 0.3) is 0 Å². The molecule has 5 nitrogen and oxygen atoms in total. The van der Waals surface area contributed by atoms with Crippen molar-refractivity contribution in [2.24, 2.45) is 0 Å². The molecule has 3 aromatic rings.